The van der Waals surface area contributed by atoms with Crippen LogP contribution in [0.4, 0.5) is 0 Å². The van der Waals surface area contributed by atoms with E-state index in [2.05, 4.69) is 29.9 Å². The molecule has 4 heteroatoms. The molecule has 21 heavy (non-hydrogen) atoms. The molecule has 0 aliphatic rings. The molecule has 0 unspecified atom stereocenters. The molecule has 0 saturated heterocycles. The molecule has 0 fully saturated rings. The second-order valence-electron chi connectivity index (χ2n) is 5.21. The van der Waals surface area contributed by atoms with Gasteiger partial charge in [0.05, 0.1) is 7.11 Å². The lowest BCUT2D eigenvalue weighted by molar-refractivity contribution is 0.414. The number of nitrogens with two attached hydrogens (primary N) is 1. The van der Waals surface area contributed by atoms with Gasteiger partial charge in [-0.3, -0.25) is 0 Å². The first-order chi connectivity index (χ1) is 10.1. The molecule has 0 amide bonds. The van der Waals surface area contributed by atoms with E-state index in [0.717, 1.165) is 47.8 Å². The molecule has 0 bridgehead atoms. The summed E-state index contributed by atoms with van der Waals surface area (Å²) in [6.45, 7) is 4.80. The molecular weight excluding hydrogens is 262 g/mol. The average Bonchev–Trinajstić information content (AvgIpc) is 2.46. The zero-order chi connectivity index (χ0) is 15.2. The highest BCUT2D eigenvalue weighted by Crippen LogP contribution is 2.17. The number of aromatic nitrogens is 2. The third kappa shape index (κ3) is 4.02. The molecule has 1 heterocycles. The van der Waals surface area contributed by atoms with Gasteiger partial charge in [0.2, 0.25) is 0 Å². The van der Waals surface area contributed by atoms with Crippen molar-refractivity contribution >= 4 is 0 Å². The number of hydrogen-bond donors (Lipinski definition) is 1. The van der Waals surface area contributed by atoms with E-state index in [1.807, 2.05) is 18.2 Å². The van der Waals surface area contributed by atoms with Crippen LogP contribution < -0.4 is 10.5 Å². The summed E-state index contributed by atoms with van der Waals surface area (Å²) in [7, 11) is 1.68. The molecule has 0 aliphatic carbocycles. The Morgan fingerprint density at radius 1 is 1.14 bits per heavy atom. The van der Waals surface area contributed by atoms with Gasteiger partial charge >= 0.3 is 0 Å². The first-order valence-electron chi connectivity index (χ1n) is 7.30. The normalized spacial score (nSPS) is 10.7. The van der Waals surface area contributed by atoms with Gasteiger partial charge in [-0.1, -0.05) is 12.1 Å². The molecule has 2 rings (SSSR count). The van der Waals surface area contributed by atoms with Crippen LogP contribution in [0.3, 0.4) is 0 Å². The lowest BCUT2D eigenvalue weighted by Gasteiger charge is -2.11. The van der Waals surface area contributed by atoms with Crippen molar-refractivity contribution < 1.29 is 4.74 Å². The van der Waals surface area contributed by atoms with Gasteiger partial charge in [-0.25, -0.2) is 9.97 Å². The van der Waals surface area contributed by atoms with Crippen molar-refractivity contribution in [1.29, 1.82) is 0 Å². The van der Waals surface area contributed by atoms with Gasteiger partial charge in [-0.15, -0.1) is 0 Å². The van der Waals surface area contributed by atoms with Crippen LogP contribution in [0, 0.1) is 13.8 Å². The summed E-state index contributed by atoms with van der Waals surface area (Å²) in [5.41, 5.74) is 10.1. The zero-order valence-electron chi connectivity index (χ0n) is 13.0. The first-order valence-corrected chi connectivity index (χ1v) is 7.30. The lowest BCUT2D eigenvalue weighted by Crippen LogP contribution is -2.08. The van der Waals surface area contributed by atoms with Crippen LogP contribution in [0.2, 0.25) is 0 Å². The average molecular weight is 285 g/mol. The fourth-order valence-electron chi connectivity index (χ4n) is 2.49. The SMILES string of the molecule is COc1cccc(Cc2nc(C)c(CCCN)c(C)n2)c1. The maximum Gasteiger partial charge on any atom is 0.133 e. The Morgan fingerprint density at radius 2 is 1.86 bits per heavy atom. The van der Waals surface area contributed by atoms with Crippen LogP contribution in [0.1, 0.15) is 34.8 Å². The summed E-state index contributed by atoms with van der Waals surface area (Å²) in [5.74, 6) is 1.72. The smallest absolute Gasteiger partial charge is 0.133 e. The van der Waals surface area contributed by atoms with Crippen molar-refractivity contribution in [2.45, 2.75) is 33.1 Å². The van der Waals surface area contributed by atoms with E-state index in [4.69, 9.17) is 10.5 Å². The molecule has 0 atom stereocenters. The summed E-state index contributed by atoms with van der Waals surface area (Å²) in [6, 6.07) is 8.02. The number of benzene rings is 1. The first kappa shape index (κ1) is 15.4. The van der Waals surface area contributed by atoms with Crippen molar-refractivity contribution in [3.63, 3.8) is 0 Å². The monoisotopic (exact) mass is 285 g/mol. The van der Waals surface area contributed by atoms with E-state index in [-0.39, 0.29) is 0 Å². The van der Waals surface area contributed by atoms with Gasteiger partial charge in [0.1, 0.15) is 11.6 Å². The summed E-state index contributed by atoms with van der Waals surface area (Å²) in [5, 5.41) is 0. The number of ether oxygens (including phenoxy) is 1. The highest BCUT2D eigenvalue weighted by atomic mass is 16.5. The van der Waals surface area contributed by atoms with Crippen LogP contribution >= 0.6 is 0 Å². The Balaban J connectivity index is 2.20. The van der Waals surface area contributed by atoms with E-state index in [1.54, 1.807) is 7.11 Å². The highest BCUT2D eigenvalue weighted by Gasteiger charge is 2.09. The number of rotatable bonds is 6. The van der Waals surface area contributed by atoms with E-state index in [1.165, 1.54) is 5.56 Å². The summed E-state index contributed by atoms with van der Waals surface area (Å²) in [4.78, 5) is 9.29. The second kappa shape index (κ2) is 7.18. The Kier molecular flexibility index (Phi) is 5.28. The Hall–Kier alpha value is -1.94. The molecule has 4 nitrogen and oxygen atoms in total. The minimum absolute atomic E-state index is 0.699. The minimum Gasteiger partial charge on any atom is -0.497 e. The van der Waals surface area contributed by atoms with E-state index < -0.39 is 0 Å². The van der Waals surface area contributed by atoms with E-state index in [9.17, 15) is 0 Å². The number of aryl methyl sites for hydroxylation is 2. The predicted octanol–water partition coefficient (Wildman–Crippen LogP) is 2.58. The maximum atomic E-state index is 5.58. The number of methoxy groups -OCH3 is 1. The third-order valence-electron chi connectivity index (χ3n) is 3.59. The van der Waals surface area contributed by atoms with E-state index >= 15 is 0 Å². The molecule has 2 aromatic rings. The fraction of sp³-hybridized carbons (Fsp3) is 0.412. The Morgan fingerprint density at radius 3 is 2.48 bits per heavy atom. The van der Waals surface area contributed by atoms with Crippen molar-refractivity contribution in [1.82, 2.24) is 9.97 Å². The van der Waals surface area contributed by atoms with Crippen molar-refractivity contribution in [2.24, 2.45) is 5.73 Å². The second-order valence-corrected chi connectivity index (χ2v) is 5.21. The predicted molar refractivity (Wildman–Crippen MR) is 84.7 cm³/mol. The van der Waals surface area contributed by atoms with Crippen LogP contribution in [-0.2, 0) is 12.8 Å². The maximum absolute atomic E-state index is 5.58. The van der Waals surface area contributed by atoms with Crippen LogP contribution in [-0.4, -0.2) is 23.6 Å². The quantitative estimate of drug-likeness (QED) is 0.886. The Bertz CT molecular complexity index is 588. The van der Waals surface area contributed by atoms with Crippen LogP contribution in [0.25, 0.3) is 0 Å². The van der Waals surface area contributed by atoms with Crippen LogP contribution in [0.5, 0.6) is 5.75 Å². The summed E-state index contributed by atoms with van der Waals surface area (Å²) < 4.78 is 5.25. The van der Waals surface area contributed by atoms with Gasteiger partial charge in [-0.05, 0) is 56.5 Å². The van der Waals surface area contributed by atoms with Gasteiger partial charge < -0.3 is 10.5 Å². The molecule has 0 aliphatic heterocycles. The largest absolute Gasteiger partial charge is 0.497 e. The zero-order valence-corrected chi connectivity index (χ0v) is 13.0. The molecule has 1 aromatic carbocycles. The van der Waals surface area contributed by atoms with Gasteiger partial charge in [0.25, 0.3) is 0 Å². The molecule has 1 aromatic heterocycles. The number of nitrogens with zero attached hydrogens (tertiary/aromatic N) is 2. The van der Waals surface area contributed by atoms with Crippen LogP contribution in [0.15, 0.2) is 24.3 Å². The summed E-state index contributed by atoms with van der Waals surface area (Å²) >= 11 is 0. The molecule has 0 radical (unpaired) electrons. The Labute approximate surface area is 126 Å². The molecular formula is C17H23N3O. The highest BCUT2D eigenvalue weighted by molar-refractivity contribution is 5.31. The summed E-state index contributed by atoms with van der Waals surface area (Å²) in [6.07, 6.45) is 2.64. The van der Waals surface area contributed by atoms with Gasteiger partial charge in [0.15, 0.2) is 0 Å². The lowest BCUT2D eigenvalue weighted by atomic mass is 10.1. The third-order valence-corrected chi connectivity index (χ3v) is 3.59. The van der Waals surface area contributed by atoms with Gasteiger partial charge in [-0.2, -0.15) is 0 Å². The van der Waals surface area contributed by atoms with Crippen molar-refractivity contribution in [2.75, 3.05) is 13.7 Å². The molecule has 0 saturated carbocycles. The van der Waals surface area contributed by atoms with E-state index in [0.29, 0.717) is 6.54 Å². The van der Waals surface area contributed by atoms with Crippen molar-refractivity contribution in [3.05, 3.63) is 52.6 Å². The molecule has 2 N–H and O–H groups in total. The minimum atomic E-state index is 0.699. The topological polar surface area (TPSA) is 61.0 Å². The van der Waals surface area contributed by atoms with Gasteiger partial charge in [0, 0.05) is 17.8 Å². The number of hydrogen-bond acceptors (Lipinski definition) is 4. The van der Waals surface area contributed by atoms with Crippen molar-refractivity contribution in [3.8, 4) is 5.75 Å². The standard InChI is InChI=1S/C17H23N3O/c1-12-16(8-5-9-18)13(2)20-17(19-12)11-14-6-4-7-15(10-14)21-3/h4,6-7,10H,5,8-9,11,18H2,1-3H3. The molecule has 112 valence electrons. The fourth-order valence-corrected chi connectivity index (χ4v) is 2.49. The molecule has 0 spiro atoms.